The van der Waals surface area contributed by atoms with E-state index < -0.39 is 24.9 Å². The minimum absolute atomic E-state index is 0.445. The van der Waals surface area contributed by atoms with Crippen molar-refractivity contribution in [2.24, 2.45) is 0 Å². The largest absolute Gasteiger partial charge is 0.393 e. The Morgan fingerprint density at radius 1 is 1.12 bits per heavy atom. The third-order valence-electron chi connectivity index (χ3n) is 1.65. The minimum atomic E-state index is -1.28. The lowest BCUT2D eigenvalue weighted by atomic mass is 10.2. The van der Waals surface area contributed by atoms with Gasteiger partial charge in [-0.1, -0.05) is 30.1 Å². The highest BCUT2D eigenvalue weighted by molar-refractivity contribution is 5.32. The first-order valence-electron chi connectivity index (χ1n) is 5.07. The SMILES string of the molecule is C/C=C/C#CC#C[C@@H](O)[C@@H](O)/C=C\C(O)CO. The zero-order valence-electron chi connectivity index (χ0n) is 9.54. The van der Waals surface area contributed by atoms with Crippen molar-refractivity contribution in [2.75, 3.05) is 6.61 Å². The molecule has 1 unspecified atom stereocenters. The molecule has 0 rings (SSSR count). The van der Waals surface area contributed by atoms with Crippen molar-refractivity contribution in [3.05, 3.63) is 24.3 Å². The molecule has 0 aromatic rings. The highest BCUT2D eigenvalue weighted by atomic mass is 16.3. The smallest absolute Gasteiger partial charge is 0.145 e. The normalized spacial score (nSPS) is 15.8. The molecule has 4 nitrogen and oxygen atoms in total. The van der Waals surface area contributed by atoms with Crippen LogP contribution in [-0.2, 0) is 0 Å². The molecule has 4 N–H and O–H groups in total. The van der Waals surface area contributed by atoms with E-state index in [2.05, 4.69) is 23.7 Å². The molecular formula is C13H16O4. The van der Waals surface area contributed by atoms with Crippen LogP contribution in [0.1, 0.15) is 6.92 Å². The van der Waals surface area contributed by atoms with Crippen molar-refractivity contribution in [3.63, 3.8) is 0 Å². The van der Waals surface area contributed by atoms with Gasteiger partial charge in [-0.2, -0.15) is 0 Å². The Morgan fingerprint density at radius 2 is 1.82 bits per heavy atom. The predicted octanol–water partition coefficient (Wildman–Crippen LogP) is -0.800. The summed E-state index contributed by atoms with van der Waals surface area (Å²) >= 11 is 0. The second-order valence-electron chi connectivity index (χ2n) is 3.11. The van der Waals surface area contributed by atoms with E-state index in [0.29, 0.717) is 0 Å². The summed E-state index contributed by atoms with van der Waals surface area (Å²) in [5, 5.41) is 36.2. The summed E-state index contributed by atoms with van der Waals surface area (Å²) < 4.78 is 0. The van der Waals surface area contributed by atoms with Gasteiger partial charge in [0.05, 0.1) is 12.7 Å². The van der Waals surface area contributed by atoms with Crippen LogP contribution in [0, 0.1) is 23.7 Å². The van der Waals surface area contributed by atoms with E-state index in [1.165, 1.54) is 12.2 Å². The van der Waals surface area contributed by atoms with Crippen LogP contribution < -0.4 is 0 Å². The standard InChI is InChI=1S/C13H16O4/c1-2-3-4-5-6-7-12(16)13(17)9-8-11(15)10-14/h2-3,8-9,11-17H,10H2,1H3/b3-2+,9-8-/t11?,12-,13+/m1/s1. The van der Waals surface area contributed by atoms with Gasteiger partial charge in [0, 0.05) is 0 Å². The van der Waals surface area contributed by atoms with Gasteiger partial charge in [0.1, 0.15) is 12.2 Å². The molecule has 0 radical (unpaired) electrons. The number of allylic oxidation sites excluding steroid dienone is 2. The van der Waals surface area contributed by atoms with Crippen LogP contribution in [0.15, 0.2) is 24.3 Å². The summed E-state index contributed by atoms with van der Waals surface area (Å²) in [7, 11) is 0. The molecule has 0 heterocycles. The van der Waals surface area contributed by atoms with E-state index in [1.807, 2.05) is 6.92 Å². The molecule has 0 saturated carbocycles. The number of hydrogen-bond acceptors (Lipinski definition) is 4. The third kappa shape index (κ3) is 8.27. The highest BCUT2D eigenvalue weighted by Gasteiger charge is 2.09. The first kappa shape index (κ1) is 15.4. The number of aliphatic hydroxyl groups is 4. The lowest BCUT2D eigenvalue weighted by molar-refractivity contribution is 0.0843. The summed E-state index contributed by atoms with van der Waals surface area (Å²) in [6, 6.07) is 0. The quantitative estimate of drug-likeness (QED) is 0.380. The Morgan fingerprint density at radius 3 is 2.41 bits per heavy atom. The third-order valence-corrected chi connectivity index (χ3v) is 1.65. The average molecular weight is 236 g/mol. The Labute approximate surface area is 101 Å². The lowest BCUT2D eigenvalue weighted by Gasteiger charge is -2.08. The Hall–Kier alpha value is -1.56. The summed E-state index contributed by atoms with van der Waals surface area (Å²) in [5.41, 5.74) is 0. The molecular weight excluding hydrogens is 220 g/mol. The first-order chi connectivity index (χ1) is 8.11. The van der Waals surface area contributed by atoms with Crippen molar-refractivity contribution in [1.82, 2.24) is 0 Å². The summed E-state index contributed by atoms with van der Waals surface area (Å²) in [4.78, 5) is 0. The van der Waals surface area contributed by atoms with E-state index in [4.69, 9.17) is 10.2 Å². The van der Waals surface area contributed by atoms with Gasteiger partial charge < -0.3 is 20.4 Å². The molecule has 0 saturated heterocycles. The lowest BCUT2D eigenvalue weighted by Crippen LogP contribution is -2.22. The fraction of sp³-hybridized carbons (Fsp3) is 0.385. The van der Waals surface area contributed by atoms with Crippen LogP contribution in [0.2, 0.25) is 0 Å². The Bertz CT molecular complexity index is 376. The maximum absolute atomic E-state index is 9.37. The van der Waals surface area contributed by atoms with Crippen molar-refractivity contribution < 1.29 is 20.4 Å². The Balaban J connectivity index is 4.28. The molecule has 0 aromatic carbocycles. The molecule has 92 valence electrons. The molecule has 0 spiro atoms. The maximum Gasteiger partial charge on any atom is 0.145 e. The molecule has 0 fully saturated rings. The van der Waals surface area contributed by atoms with Crippen molar-refractivity contribution >= 4 is 0 Å². The summed E-state index contributed by atoms with van der Waals surface area (Å²) in [5.74, 6) is 9.79. The van der Waals surface area contributed by atoms with E-state index in [0.717, 1.165) is 0 Å². The van der Waals surface area contributed by atoms with Gasteiger partial charge in [0.15, 0.2) is 0 Å². The van der Waals surface area contributed by atoms with Gasteiger partial charge in [0.2, 0.25) is 0 Å². The first-order valence-corrected chi connectivity index (χ1v) is 5.07. The molecule has 0 aliphatic rings. The van der Waals surface area contributed by atoms with Crippen LogP contribution in [0.5, 0.6) is 0 Å². The monoisotopic (exact) mass is 236 g/mol. The van der Waals surface area contributed by atoms with Crippen LogP contribution >= 0.6 is 0 Å². The second kappa shape index (κ2) is 9.65. The fourth-order valence-corrected chi connectivity index (χ4v) is 0.765. The van der Waals surface area contributed by atoms with Crippen molar-refractivity contribution in [1.29, 1.82) is 0 Å². The van der Waals surface area contributed by atoms with E-state index >= 15 is 0 Å². The predicted molar refractivity (Wildman–Crippen MR) is 64.6 cm³/mol. The van der Waals surface area contributed by atoms with Gasteiger partial charge in [0.25, 0.3) is 0 Å². The molecule has 0 aromatic heterocycles. The molecule has 0 aliphatic heterocycles. The molecule has 17 heavy (non-hydrogen) atoms. The summed E-state index contributed by atoms with van der Waals surface area (Å²) in [6.07, 6.45) is 2.14. The molecule has 4 heteroatoms. The topological polar surface area (TPSA) is 80.9 Å². The van der Waals surface area contributed by atoms with Crippen molar-refractivity contribution in [2.45, 2.75) is 25.2 Å². The van der Waals surface area contributed by atoms with Crippen LogP contribution in [-0.4, -0.2) is 45.3 Å². The zero-order valence-corrected chi connectivity index (χ0v) is 9.54. The highest BCUT2D eigenvalue weighted by Crippen LogP contribution is 1.95. The van der Waals surface area contributed by atoms with E-state index in [1.54, 1.807) is 12.2 Å². The molecule has 0 amide bonds. The van der Waals surface area contributed by atoms with Gasteiger partial charge >= 0.3 is 0 Å². The summed E-state index contributed by atoms with van der Waals surface area (Å²) in [6.45, 7) is 1.37. The van der Waals surface area contributed by atoms with E-state index in [-0.39, 0.29) is 0 Å². The average Bonchev–Trinajstić information content (AvgIpc) is 2.34. The molecule has 0 aliphatic carbocycles. The van der Waals surface area contributed by atoms with Crippen LogP contribution in [0.25, 0.3) is 0 Å². The Kier molecular flexibility index (Phi) is 8.77. The van der Waals surface area contributed by atoms with Gasteiger partial charge in [-0.05, 0) is 24.8 Å². The second-order valence-corrected chi connectivity index (χ2v) is 3.11. The van der Waals surface area contributed by atoms with Gasteiger partial charge in [-0.15, -0.1) is 0 Å². The molecule has 3 atom stereocenters. The van der Waals surface area contributed by atoms with Gasteiger partial charge in [-0.3, -0.25) is 0 Å². The van der Waals surface area contributed by atoms with Gasteiger partial charge in [-0.25, -0.2) is 0 Å². The maximum atomic E-state index is 9.37. The van der Waals surface area contributed by atoms with Crippen LogP contribution in [0.4, 0.5) is 0 Å². The zero-order chi connectivity index (χ0) is 13.1. The van der Waals surface area contributed by atoms with E-state index in [9.17, 15) is 10.2 Å². The number of rotatable bonds is 4. The number of aliphatic hydroxyl groups excluding tert-OH is 4. The van der Waals surface area contributed by atoms with Crippen molar-refractivity contribution in [3.8, 4) is 23.7 Å². The minimum Gasteiger partial charge on any atom is -0.393 e. The molecule has 0 bridgehead atoms. The van der Waals surface area contributed by atoms with Crippen LogP contribution in [0.3, 0.4) is 0 Å². The fourth-order valence-electron chi connectivity index (χ4n) is 0.765. The number of hydrogen-bond donors (Lipinski definition) is 4.